The van der Waals surface area contributed by atoms with E-state index in [1.807, 2.05) is 18.2 Å². The molecule has 1 unspecified atom stereocenters. The van der Waals surface area contributed by atoms with Crippen LogP contribution in [0.25, 0.3) is 0 Å². The van der Waals surface area contributed by atoms with Gasteiger partial charge in [-0.2, -0.15) is 4.98 Å². The number of nitrogens with one attached hydrogen (secondary N) is 2. The maximum Gasteiger partial charge on any atom is 0.255 e. The molecule has 5 N–H and O–H groups in total. The second-order valence-electron chi connectivity index (χ2n) is 8.62. The van der Waals surface area contributed by atoms with E-state index in [1.165, 1.54) is 13.3 Å². The molecule has 0 spiro atoms. The summed E-state index contributed by atoms with van der Waals surface area (Å²) in [6.45, 7) is 4.38. The van der Waals surface area contributed by atoms with E-state index in [2.05, 4.69) is 32.1 Å². The Morgan fingerprint density at radius 3 is 2.69 bits per heavy atom. The molecule has 0 aliphatic carbocycles. The second kappa shape index (κ2) is 12.1. The Morgan fingerprint density at radius 1 is 1.18 bits per heavy atom. The van der Waals surface area contributed by atoms with Gasteiger partial charge in [0, 0.05) is 30.6 Å². The van der Waals surface area contributed by atoms with E-state index in [1.54, 1.807) is 25.3 Å². The van der Waals surface area contributed by atoms with Gasteiger partial charge in [-0.3, -0.25) is 9.59 Å². The first-order valence-corrected chi connectivity index (χ1v) is 12.2. The number of primary amides is 1. The molecule has 0 saturated carbocycles. The molecule has 2 amide bonds. The van der Waals surface area contributed by atoms with Crippen LogP contribution in [0.2, 0.25) is 0 Å². The van der Waals surface area contributed by atoms with Gasteiger partial charge in [0.2, 0.25) is 17.7 Å². The van der Waals surface area contributed by atoms with Crippen LogP contribution in [0.4, 0.5) is 23.0 Å². The van der Waals surface area contributed by atoms with Crippen LogP contribution in [0.1, 0.15) is 23.2 Å². The van der Waals surface area contributed by atoms with Gasteiger partial charge in [-0.1, -0.05) is 6.58 Å². The number of nitrogens with two attached hydrogens (primary N) is 1. The lowest BCUT2D eigenvalue weighted by Gasteiger charge is -2.26. The summed E-state index contributed by atoms with van der Waals surface area (Å²) in [6.07, 6.45) is 4.28. The van der Waals surface area contributed by atoms with Crippen LogP contribution in [0.3, 0.4) is 0 Å². The zero-order chi connectivity index (χ0) is 27.9. The number of ether oxygens (including phenoxy) is 3. The molecule has 12 nitrogen and oxygen atoms in total. The largest absolute Gasteiger partial charge is 0.497 e. The molecule has 1 fully saturated rings. The molecular formula is C27H30N6O6. The number of benzene rings is 2. The summed E-state index contributed by atoms with van der Waals surface area (Å²) in [4.78, 5) is 34.8. The molecule has 0 bridgehead atoms. The standard InChI is InChI=1S/C27H30N6O6/c1-4-24(35)30-21-13-18(37-2)8-10-22(21)39-26-19(25(28)36)14-29-27(32-26)31-20-9-7-16(12-23(20)38-3)33-11-5-6-17(33)15-34/h4,7-10,12-14,17,34H,1,5-6,11,15H2,2-3H3,(H2,28,36)(H,30,35)(H,29,31,32). The highest BCUT2D eigenvalue weighted by Crippen LogP contribution is 2.36. The Bertz CT molecular complexity index is 1380. The molecule has 1 aromatic heterocycles. The number of carbonyl (C=O) groups excluding carboxylic acids is 2. The maximum absolute atomic E-state index is 12.1. The van der Waals surface area contributed by atoms with Crippen molar-refractivity contribution in [2.24, 2.45) is 5.73 Å². The van der Waals surface area contributed by atoms with Crippen molar-refractivity contribution in [3.8, 4) is 23.1 Å². The third-order valence-electron chi connectivity index (χ3n) is 6.21. The lowest BCUT2D eigenvalue weighted by molar-refractivity contribution is -0.111. The summed E-state index contributed by atoms with van der Waals surface area (Å²) in [5, 5.41) is 15.4. The van der Waals surface area contributed by atoms with E-state index in [0.29, 0.717) is 17.2 Å². The predicted molar refractivity (Wildman–Crippen MR) is 146 cm³/mol. The van der Waals surface area contributed by atoms with E-state index in [-0.39, 0.29) is 41.5 Å². The van der Waals surface area contributed by atoms with Crippen molar-refractivity contribution in [1.29, 1.82) is 0 Å². The number of hydrogen-bond donors (Lipinski definition) is 4. The summed E-state index contributed by atoms with van der Waals surface area (Å²) in [6, 6.07) is 10.4. The Hall–Kier alpha value is -4.84. The number of nitrogens with zero attached hydrogens (tertiary/aromatic N) is 3. The summed E-state index contributed by atoms with van der Waals surface area (Å²) in [7, 11) is 3.03. The monoisotopic (exact) mass is 534 g/mol. The number of rotatable bonds is 11. The fraction of sp³-hybridized carbons (Fsp3) is 0.259. The predicted octanol–water partition coefficient (Wildman–Crippen LogP) is 3.21. The molecule has 3 aromatic rings. The number of amides is 2. The molecular weight excluding hydrogens is 504 g/mol. The molecule has 4 rings (SSSR count). The summed E-state index contributed by atoms with van der Waals surface area (Å²) in [5.74, 6) is -0.0966. The van der Waals surface area contributed by atoms with E-state index >= 15 is 0 Å². The van der Waals surface area contributed by atoms with Crippen LogP contribution in [0.5, 0.6) is 23.1 Å². The number of aliphatic hydroxyl groups excluding tert-OH is 1. The van der Waals surface area contributed by atoms with Gasteiger partial charge in [-0.05, 0) is 43.2 Å². The van der Waals surface area contributed by atoms with Gasteiger partial charge in [-0.15, -0.1) is 0 Å². The zero-order valence-corrected chi connectivity index (χ0v) is 21.6. The Balaban J connectivity index is 1.64. The first-order valence-electron chi connectivity index (χ1n) is 12.2. The number of methoxy groups -OCH3 is 2. The average molecular weight is 535 g/mol. The molecule has 0 radical (unpaired) electrons. The van der Waals surface area contributed by atoms with Crippen LogP contribution < -0.4 is 35.5 Å². The van der Waals surface area contributed by atoms with Crippen LogP contribution in [-0.2, 0) is 4.79 Å². The van der Waals surface area contributed by atoms with Crippen LogP contribution in [0.15, 0.2) is 55.3 Å². The third kappa shape index (κ3) is 6.18. The number of hydrogen-bond acceptors (Lipinski definition) is 10. The highest BCUT2D eigenvalue weighted by Gasteiger charge is 2.25. The fourth-order valence-electron chi connectivity index (χ4n) is 4.23. The van der Waals surface area contributed by atoms with Crippen molar-refractivity contribution in [1.82, 2.24) is 9.97 Å². The van der Waals surface area contributed by atoms with Gasteiger partial charge < -0.3 is 40.6 Å². The van der Waals surface area contributed by atoms with Crippen molar-refractivity contribution in [2.45, 2.75) is 18.9 Å². The fourth-order valence-corrected chi connectivity index (χ4v) is 4.23. The van der Waals surface area contributed by atoms with E-state index < -0.39 is 11.8 Å². The highest BCUT2D eigenvalue weighted by molar-refractivity contribution is 6.00. The SMILES string of the molecule is C=CC(=O)Nc1cc(OC)ccc1Oc1nc(Nc2ccc(N3CCCC3CO)cc2OC)ncc1C(N)=O. The van der Waals surface area contributed by atoms with Crippen LogP contribution >= 0.6 is 0 Å². The van der Waals surface area contributed by atoms with Crippen LogP contribution in [0, 0.1) is 0 Å². The molecule has 2 aromatic carbocycles. The van der Waals surface area contributed by atoms with Gasteiger partial charge in [0.25, 0.3) is 5.91 Å². The molecule has 39 heavy (non-hydrogen) atoms. The van der Waals surface area contributed by atoms with Gasteiger partial charge >= 0.3 is 0 Å². The molecule has 1 saturated heterocycles. The minimum atomic E-state index is -0.798. The Labute approximate surface area is 225 Å². The number of carbonyl (C=O) groups is 2. The van der Waals surface area contributed by atoms with Gasteiger partial charge in [-0.25, -0.2) is 4.98 Å². The second-order valence-corrected chi connectivity index (χ2v) is 8.62. The summed E-state index contributed by atoms with van der Waals surface area (Å²) in [5.41, 5.74) is 7.24. The number of aliphatic hydroxyl groups is 1. The quantitative estimate of drug-likeness (QED) is 0.269. The van der Waals surface area contributed by atoms with Crippen molar-refractivity contribution >= 4 is 34.8 Å². The van der Waals surface area contributed by atoms with E-state index in [4.69, 9.17) is 19.9 Å². The van der Waals surface area contributed by atoms with Crippen molar-refractivity contribution in [3.05, 3.63) is 60.8 Å². The Kier molecular flexibility index (Phi) is 8.46. The van der Waals surface area contributed by atoms with Crippen LogP contribution in [-0.4, -0.2) is 60.3 Å². The van der Waals surface area contributed by atoms with Gasteiger partial charge in [0.05, 0.1) is 38.2 Å². The molecule has 204 valence electrons. The molecule has 1 aliphatic rings. The number of aromatic nitrogens is 2. The molecule has 2 heterocycles. The van der Waals surface area contributed by atoms with Crippen molar-refractivity contribution in [2.75, 3.05) is 42.9 Å². The van der Waals surface area contributed by atoms with E-state index in [0.717, 1.165) is 31.1 Å². The first kappa shape index (κ1) is 27.2. The molecule has 1 aliphatic heterocycles. The first-order chi connectivity index (χ1) is 18.9. The van der Waals surface area contributed by atoms with E-state index in [9.17, 15) is 14.7 Å². The summed E-state index contributed by atoms with van der Waals surface area (Å²) >= 11 is 0. The third-order valence-corrected chi connectivity index (χ3v) is 6.21. The van der Waals surface area contributed by atoms with Crippen molar-refractivity contribution < 1.29 is 28.9 Å². The highest BCUT2D eigenvalue weighted by atomic mass is 16.5. The minimum absolute atomic E-state index is 0.0660. The van der Waals surface area contributed by atoms with Crippen molar-refractivity contribution in [3.63, 3.8) is 0 Å². The average Bonchev–Trinajstić information content (AvgIpc) is 3.43. The number of anilines is 4. The van der Waals surface area contributed by atoms with Gasteiger partial charge in [0.15, 0.2) is 5.75 Å². The lowest BCUT2D eigenvalue weighted by atomic mass is 10.2. The van der Waals surface area contributed by atoms with Gasteiger partial charge in [0.1, 0.15) is 17.1 Å². The lowest BCUT2D eigenvalue weighted by Crippen LogP contribution is -2.31. The summed E-state index contributed by atoms with van der Waals surface area (Å²) < 4.78 is 16.7. The molecule has 12 heteroatoms. The maximum atomic E-state index is 12.1. The minimum Gasteiger partial charge on any atom is -0.497 e. The topological polar surface area (TPSA) is 161 Å². The molecule has 1 atom stereocenters. The smallest absolute Gasteiger partial charge is 0.255 e. The Morgan fingerprint density at radius 2 is 2.00 bits per heavy atom. The normalized spacial score (nSPS) is 14.4. The zero-order valence-electron chi connectivity index (χ0n) is 21.6.